The molecule has 3 rings (SSSR count). The van der Waals surface area contributed by atoms with E-state index in [-0.39, 0.29) is 11.7 Å². The van der Waals surface area contributed by atoms with Gasteiger partial charge in [0.05, 0.1) is 0 Å². The van der Waals surface area contributed by atoms with Crippen molar-refractivity contribution in [3.8, 4) is 0 Å². The third kappa shape index (κ3) is 5.90. The Kier molecular flexibility index (Phi) is 6.99. The van der Waals surface area contributed by atoms with E-state index in [1.807, 2.05) is 24.3 Å². The van der Waals surface area contributed by atoms with E-state index in [2.05, 4.69) is 17.6 Å². The number of rotatable bonds is 7. The molecule has 4 heteroatoms. The number of hydrogen-bond acceptors (Lipinski definition) is 2. The van der Waals surface area contributed by atoms with Crippen LogP contribution in [-0.4, -0.2) is 11.9 Å². The van der Waals surface area contributed by atoms with Crippen molar-refractivity contribution in [2.75, 3.05) is 5.32 Å². The average Bonchev–Trinajstić information content (AvgIpc) is 2.68. The number of hydrogen-bond donors (Lipinski definition) is 2. The van der Waals surface area contributed by atoms with Crippen molar-refractivity contribution in [1.29, 1.82) is 0 Å². The molecule has 1 atom stereocenters. The molecule has 0 radical (unpaired) electrons. The van der Waals surface area contributed by atoms with Crippen LogP contribution < -0.4 is 10.6 Å². The summed E-state index contributed by atoms with van der Waals surface area (Å²) in [5.41, 5.74) is 2.30. The van der Waals surface area contributed by atoms with E-state index in [0.717, 1.165) is 17.2 Å². The van der Waals surface area contributed by atoms with Crippen molar-refractivity contribution in [2.24, 2.45) is 5.92 Å². The Balaban J connectivity index is 1.56. The molecule has 2 aromatic rings. The smallest absolute Gasteiger partial charge is 0.255 e. The maximum Gasteiger partial charge on any atom is 0.255 e. The largest absolute Gasteiger partial charge is 0.322 e. The highest BCUT2D eigenvalue weighted by molar-refractivity contribution is 6.04. The number of amides is 1. The molecule has 1 amide bonds. The summed E-state index contributed by atoms with van der Waals surface area (Å²) in [6, 6.07) is 13.9. The van der Waals surface area contributed by atoms with Crippen LogP contribution >= 0.6 is 0 Å². The summed E-state index contributed by atoms with van der Waals surface area (Å²) in [7, 11) is 0. The topological polar surface area (TPSA) is 41.1 Å². The first-order valence-corrected chi connectivity index (χ1v) is 10.00. The van der Waals surface area contributed by atoms with Gasteiger partial charge in [-0.3, -0.25) is 4.79 Å². The molecule has 1 fully saturated rings. The van der Waals surface area contributed by atoms with Crippen LogP contribution in [0.4, 0.5) is 10.1 Å². The van der Waals surface area contributed by atoms with E-state index in [1.165, 1.54) is 62.8 Å². The lowest BCUT2D eigenvalue weighted by Crippen LogP contribution is -2.29. The molecule has 0 heterocycles. The zero-order valence-corrected chi connectivity index (χ0v) is 16.0. The van der Waals surface area contributed by atoms with E-state index >= 15 is 0 Å². The highest BCUT2D eigenvalue weighted by Gasteiger charge is 2.16. The van der Waals surface area contributed by atoms with Crippen LogP contribution in [0.5, 0.6) is 0 Å². The molecule has 2 N–H and O–H groups in total. The molecule has 1 aliphatic carbocycles. The maximum atomic E-state index is 13.0. The summed E-state index contributed by atoms with van der Waals surface area (Å²) >= 11 is 0. The first kappa shape index (κ1) is 19.6. The zero-order chi connectivity index (χ0) is 19.1. The van der Waals surface area contributed by atoms with Crippen LogP contribution in [0.2, 0.25) is 0 Å². The average molecular weight is 368 g/mol. The van der Waals surface area contributed by atoms with E-state index < -0.39 is 0 Å². The van der Waals surface area contributed by atoms with Crippen LogP contribution in [0.25, 0.3) is 0 Å². The highest BCUT2D eigenvalue weighted by Crippen LogP contribution is 2.27. The van der Waals surface area contributed by atoms with Crippen LogP contribution in [0.1, 0.15) is 61.4 Å². The summed E-state index contributed by atoms with van der Waals surface area (Å²) in [5, 5.41) is 6.56. The lowest BCUT2D eigenvalue weighted by atomic mass is 9.85. The van der Waals surface area contributed by atoms with Crippen LogP contribution in [-0.2, 0) is 6.54 Å². The molecule has 3 nitrogen and oxygen atoms in total. The van der Waals surface area contributed by atoms with Gasteiger partial charge in [0.2, 0.25) is 0 Å². The third-order valence-corrected chi connectivity index (χ3v) is 5.42. The standard InChI is InChI=1S/C23H29FN2O/c1-17(15-18-7-3-2-4-8-18)25-16-20-9-5-6-10-22(20)26-23(27)19-11-13-21(24)14-12-19/h5-6,9-14,17-18,25H,2-4,7-8,15-16H2,1H3,(H,26,27)/t17-/m0/s1. The quantitative estimate of drug-likeness (QED) is 0.675. The van der Waals surface area contributed by atoms with Crippen molar-refractivity contribution >= 4 is 11.6 Å². The Bertz CT molecular complexity index is 738. The van der Waals surface area contributed by atoms with Crippen molar-refractivity contribution < 1.29 is 9.18 Å². The Morgan fingerprint density at radius 1 is 1.07 bits per heavy atom. The fourth-order valence-electron chi connectivity index (χ4n) is 3.88. The molecule has 2 aromatic carbocycles. The summed E-state index contributed by atoms with van der Waals surface area (Å²) < 4.78 is 13.0. The van der Waals surface area contributed by atoms with Crippen LogP contribution in [0.3, 0.4) is 0 Å². The molecule has 27 heavy (non-hydrogen) atoms. The first-order chi connectivity index (χ1) is 13.1. The Hall–Kier alpha value is -2.20. The number of anilines is 1. The summed E-state index contributed by atoms with van der Waals surface area (Å²) in [5.74, 6) is 0.274. The zero-order valence-electron chi connectivity index (χ0n) is 16.0. The van der Waals surface area contributed by atoms with Crippen LogP contribution in [0, 0.1) is 11.7 Å². The van der Waals surface area contributed by atoms with Gasteiger partial charge in [-0.15, -0.1) is 0 Å². The second-order valence-electron chi connectivity index (χ2n) is 7.64. The normalized spacial score (nSPS) is 16.1. The molecular weight excluding hydrogens is 339 g/mol. The molecule has 1 aliphatic rings. The molecule has 0 bridgehead atoms. The minimum atomic E-state index is -0.344. The lowest BCUT2D eigenvalue weighted by molar-refractivity contribution is 0.102. The first-order valence-electron chi connectivity index (χ1n) is 10.00. The van der Waals surface area contributed by atoms with E-state index in [0.29, 0.717) is 18.2 Å². The van der Waals surface area contributed by atoms with Crippen molar-refractivity contribution in [2.45, 2.75) is 58.0 Å². The van der Waals surface area contributed by atoms with Crippen molar-refractivity contribution in [1.82, 2.24) is 5.32 Å². The number of carbonyl (C=O) groups is 1. The summed E-state index contributed by atoms with van der Waals surface area (Å²) in [4.78, 5) is 12.4. The Morgan fingerprint density at radius 2 is 1.78 bits per heavy atom. The van der Waals surface area contributed by atoms with E-state index in [9.17, 15) is 9.18 Å². The van der Waals surface area contributed by atoms with Gasteiger partial charge in [0.25, 0.3) is 5.91 Å². The van der Waals surface area contributed by atoms with E-state index in [4.69, 9.17) is 0 Å². The maximum absolute atomic E-state index is 13.0. The molecule has 0 aromatic heterocycles. The lowest BCUT2D eigenvalue weighted by Gasteiger charge is -2.25. The van der Waals surface area contributed by atoms with Gasteiger partial charge in [-0.1, -0.05) is 50.3 Å². The fraction of sp³-hybridized carbons (Fsp3) is 0.435. The van der Waals surface area contributed by atoms with Gasteiger partial charge in [0, 0.05) is 23.8 Å². The van der Waals surface area contributed by atoms with Gasteiger partial charge in [0.1, 0.15) is 5.82 Å². The molecular formula is C23H29FN2O. The van der Waals surface area contributed by atoms with Crippen molar-refractivity contribution in [3.63, 3.8) is 0 Å². The Morgan fingerprint density at radius 3 is 2.52 bits per heavy atom. The minimum absolute atomic E-state index is 0.224. The fourth-order valence-corrected chi connectivity index (χ4v) is 3.88. The number of para-hydroxylation sites is 1. The van der Waals surface area contributed by atoms with Gasteiger partial charge < -0.3 is 10.6 Å². The molecule has 1 saturated carbocycles. The minimum Gasteiger partial charge on any atom is -0.322 e. The summed E-state index contributed by atoms with van der Waals surface area (Å²) in [6.07, 6.45) is 8.06. The molecule has 0 unspecified atom stereocenters. The summed E-state index contributed by atoms with van der Waals surface area (Å²) in [6.45, 7) is 2.96. The van der Waals surface area contributed by atoms with Gasteiger partial charge in [0.15, 0.2) is 0 Å². The number of carbonyl (C=O) groups excluding carboxylic acids is 1. The molecule has 0 aliphatic heterocycles. The SMILES string of the molecule is C[C@@H](CC1CCCCC1)NCc1ccccc1NC(=O)c1ccc(F)cc1. The van der Waals surface area contributed by atoms with Gasteiger partial charge in [-0.05, 0) is 55.2 Å². The van der Waals surface area contributed by atoms with Gasteiger partial charge >= 0.3 is 0 Å². The van der Waals surface area contributed by atoms with Crippen molar-refractivity contribution in [3.05, 3.63) is 65.5 Å². The monoisotopic (exact) mass is 368 g/mol. The van der Waals surface area contributed by atoms with Gasteiger partial charge in [-0.25, -0.2) is 4.39 Å². The molecule has 0 spiro atoms. The predicted molar refractivity (Wildman–Crippen MR) is 108 cm³/mol. The molecule has 144 valence electrons. The second-order valence-corrected chi connectivity index (χ2v) is 7.64. The Labute approximate surface area is 161 Å². The number of nitrogens with one attached hydrogen (secondary N) is 2. The van der Waals surface area contributed by atoms with E-state index in [1.54, 1.807) is 0 Å². The highest BCUT2D eigenvalue weighted by atomic mass is 19.1. The van der Waals surface area contributed by atoms with Gasteiger partial charge in [-0.2, -0.15) is 0 Å². The number of halogens is 1. The predicted octanol–water partition coefficient (Wildman–Crippen LogP) is 5.53. The molecule has 0 saturated heterocycles. The van der Waals surface area contributed by atoms with Crippen LogP contribution in [0.15, 0.2) is 48.5 Å². The third-order valence-electron chi connectivity index (χ3n) is 5.42. The second kappa shape index (κ2) is 9.65. The number of benzene rings is 2.